The van der Waals surface area contributed by atoms with Crippen LogP contribution in [0.15, 0.2) is 48.7 Å². The van der Waals surface area contributed by atoms with Gasteiger partial charge >= 0.3 is 0 Å². The predicted molar refractivity (Wildman–Crippen MR) is 88.6 cm³/mol. The van der Waals surface area contributed by atoms with Crippen LogP contribution in [0, 0.1) is 10.1 Å². The maximum Gasteiger partial charge on any atom is 0.269 e. The van der Waals surface area contributed by atoms with Gasteiger partial charge in [0.2, 0.25) is 5.91 Å². The lowest BCUT2D eigenvalue weighted by Gasteiger charge is -2.07. The number of non-ortho nitro benzene ring substituents is 1. The van der Waals surface area contributed by atoms with Gasteiger partial charge in [-0.3, -0.25) is 14.9 Å². The third-order valence-corrected chi connectivity index (χ3v) is 3.63. The summed E-state index contributed by atoms with van der Waals surface area (Å²) in [5.74, 6) is 0.207. The lowest BCUT2D eigenvalue weighted by atomic mass is 10.1. The van der Waals surface area contributed by atoms with Gasteiger partial charge in [-0.2, -0.15) is 0 Å². The summed E-state index contributed by atoms with van der Waals surface area (Å²) < 4.78 is 5.71. The molecule has 0 aliphatic rings. The van der Waals surface area contributed by atoms with Crippen molar-refractivity contribution >= 4 is 22.5 Å². The quantitative estimate of drug-likeness (QED) is 0.536. The molecule has 0 saturated carbocycles. The van der Waals surface area contributed by atoms with Gasteiger partial charge in [0.05, 0.1) is 11.3 Å². The zero-order chi connectivity index (χ0) is 17.1. The highest BCUT2D eigenvalue weighted by atomic mass is 16.6. The zero-order valence-corrected chi connectivity index (χ0v) is 12.7. The summed E-state index contributed by atoms with van der Waals surface area (Å²) in [6, 6.07) is 11.8. The highest BCUT2D eigenvalue weighted by Gasteiger charge is 2.09. The highest BCUT2D eigenvalue weighted by Crippen LogP contribution is 2.25. The predicted octanol–water partition coefficient (Wildman–Crippen LogP) is 2.68. The zero-order valence-electron chi connectivity index (χ0n) is 12.7. The molecule has 0 fully saturated rings. The van der Waals surface area contributed by atoms with Crippen LogP contribution in [0.2, 0.25) is 0 Å². The van der Waals surface area contributed by atoms with Gasteiger partial charge in [-0.1, -0.05) is 12.1 Å². The van der Waals surface area contributed by atoms with Gasteiger partial charge in [0.1, 0.15) is 12.4 Å². The fourth-order valence-electron chi connectivity index (χ4n) is 2.51. The Kier molecular flexibility index (Phi) is 4.15. The van der Waals surface area contributed by atoms with E-state index in [2.05, 4.69) is 4.98 Å². The van der Waals surface area contributed by atoms with Crippen LogP contribution in [0.5, 0.6) is 5.75 Å². The first-order chi connectivity index (χ1) is 11.5. The number of carbonyl (C=O) groups excluding carboxylic acids is 1. The minimum atomic E-state index is -0.439. The number of H-pyrrole nitrogens is 1. The number of ether oxygens (including phenoxy) is 1. The van der Waals surface area contributed by atoms with Gasteiger partial charge in [0.15, 0.2) is 0 Å². The van der Waals surface area contributed by atoms with Crippen molar-refractivity contribution in [2.75, 3.05) is 0 Å². The second-order valence-electron chi connectivity index (χ2n) is 5.38. The summed E-state index contributed by atoms with van der Waals surface area (Å²) in [6.45, 7) is 0.211. The Morgan fingerprint density at radius 3 is 2.83 bits per heavy atom. The first kappa shape index (κ1) is 15.5. The van der Waals surface area contributed by atoms with E-state index in [1.54, 1.807) is 24.4 Å². The van der Waals surface area contributed by atoms with Crippen LogP contribution < -0.4 is 10.5 Å². The van der Waals surface area contributed by atoms with E-state index in [0.29, 0.717) is 11.3 Å². The number of nitrogens with one attached hydrogen (secondary N) is 1. The molecule has 1 heterocycles. The Labute approximate surface area is 137 Å². The molecule has 0 unspecified atom stereocenters. The van der Waals surface area contributed by atoms with E-state index in [9.17, 15) is 14.9 Å². The molecule has 3 aromatic rings. The van der Waals surface area contributed by atoms with Gasteiger partial charge in [0.25, 0.3) is 5.69 Å². The van der Waals surface area contributed by atoms with Gasteiger partial charge in [0, 0.05) is 29.2 Å². The second kappa shape index (κ2) is 6.41. The lowest BCUT2D eigenvalue weighted by molar-refractivity contribution is -0.384. The summed E-state index contributed by atoms with van der Waals surface area (Å²) in [5, 5.41) is 11.7. The number of nitro groups is 1. The van der Waals surface area contributed by atoms with Crippen LogP contribution in [-0.2, 0) is 17.8 Å². The van der Waals surface area contributed by atoms with E-state index >= 15 is 0 Å². The van der Waals surface area contributed by atoms with Crippen LogP contribution in [-0.4, -0.2) is 15.8 Å². The third-order valence-electron chi connectivity index (χ3n) is 3.63. The number of rotatable bonds is 6. The van der Waals surface area contributed by atoms with Crippen molar-refractivity contribution in [2.45, 2.75) is 13.0 Å². The Bertz CT molecular complexity index is 917. The molecule has 0 radical (unpaired) electrons. The number of primary amides is 1. The molecule has 0 aliphatic heterocycles. The number of nitrogens with zero attached hydrogens (tertiary/aromatic N) is 1. The molecule has 7 nitrogen and oxygen atoms in total. The average Bonchev–Trinajstić information content (AvgIpc) is 2.95. The van der Waals surface area contributed by atoms with Gasteiger partial charge in [-0.05, 0) is 29.3 Å². The molecule has 0 bridgehead atoms. The van der Waals surface area contributed by atoms with E-state index < -0.39 is 10.8 Å². The lowest BCUT2D eigenvalue weighted by Crippen LogP contribution is -2.13. The van der Waals surface area contributed by atoms with Crippen molar-refractivity contribution in [1.29, 1.82) is 0 Å². The van der Waals surface area contributed by atoms with Crippen molar-refractivity contribution in [3.63, 3.8) is 0 Å². The Morgan fingerprint density at radius 2 is 2.08 bits per heavy atom. The van der Waals surface area contributed by atoms with Crippen LogP contribution in [0.25, 0.3) is 10.9 Å². The number of hydrogen-bond acceptors (Lipinski definition) is 4. The summed E-state index contributed by atoms with van der Waals surface area (Å²) in [4.78, 5) is 24.5. The molecule has 122 valence electrons. The third kappa shape index (κ3) is 3.35. The number of aromatic nitrogens is 1. The van der Waals surface area contributed by atoms with E-state index in [0.717, 1.165) is 16.5 Å². The number of nitrogens with two attached hydrogens (primary N) is 1. The molecule has 0 spiro atoms. The topological polar surface area (TPSA) is 111 Å². The molecule has 24 heavy (non-hydrogen) atoms. The fourth-order valence-corrected chi connectivity index (χ4v) is 2.51. The first-order valence-electron chi connectivity index (χ1n) is 7.27. The van der Waals surface area contributed by atoms with Crippen molar-refractivity contribution < 1.29 is 14.5 Å². The Hall–Kier alpha value is -3.35. The van der Waals surface area contributed by atoms with Gasteiger partial charge in [-0.25, -0.2) is 0 Å². The highest BCUT2D eigenvalue weighted by molar-refractivity contribution is 5.89. The fraction of sp³-hybridized carbons (Fsp3) is 0.118. The molecule has 1 amide bonds. The summed E-state index contributed by atoms with van der Waals surface area (Å²) in [5.41, 5.74) is 7.67. The minimum absolute atomic E-state index is 0.0286. The molecule has 0 atom stereocenters. The molecule has 7 heteroatoms. The molecule has 0 aliphatic carbocycles. The largest absolute Gasteiger partial charge is 0.489 e. The molecule has 3 N–H and O–H groups in total. The standard InChI is InChI=1S/C17H15N3O4/c18-17(21)7-12-9-19-16-5-4-14(8-15(12)16)24-10-11-2-1-3-13(6-11)20(22)23/h1-6,8-9,19H,7,10H2,(H2,18,21). The first-order valence-corrected chi connectivity index (χ1v) is 7.27. The number of nitro benzene ring substituents is 1. The van der Waals surface area contributed by atoms with Crippen LogP contribution in [0.4, 0.5) is 5.69 Å². The molecular formula is C17H15N3O4. The van der Waals surface area contributed by atoms with E-state index in [1.165, 1.54) is 12.1 Å². The van der Waals surface area contributed by atoms with Crippen LogP contribution in [0.3, 0.4) is 0 Å². The summed E-state index contributed by atoms with van der Waals surface area (Å²) >= 11 is 0. The minimum Gasteiger partial charge on any atom is -0.489 e. The number of benzene rings is 2. The number of amides is 1. The molecule has 0 saturated heterocycles. The van der Waals surface area contributed by atoms with Crippen molar-refractivity contribution in [3.05, 3.63) is 69.9 Å². The molecular weight excluding hydrogens is 310 g/mol. The Balaban J connectivity index is 1.79. The number of fused-ring (bicyclic) bond motifs is 1. The van der Waals surface area contributed by atoms with Crippen molar-refractivity contribution in [3.8, 4) is 5.75 Å². The van der Waals surface area contributed by atoms with Crippen LogP contribution >= 0.6 is 0 Å². The maximum absolute atomic E-state index is 11.1. The second-order valence-corrected chi connectivity index (χ2v) is 5.38. The molecule has 3 rings (SSSR count). The normalized spacial score (nSPS) is 10.7. The number of carbonyl (C=O) groups is 1. The monoisotopic (exact) mass is 325 g/mol. The number of hydrogen-bond donors (Lipinski definition) is 2. The SMILES string of the molecule is NC(=O)Cc1c[nH]c2ccc(OCc3cccc([N+](=O)[O-])c3)cc12. The summed E-state index contributed by atoms with van der Waals surface area (Å²) in [7, 11) is 0. The van der Waals surface area contributed by atoms with E-state index in [1.807, 2.05) is 12.1 Å². The smallest absolute Gasteiger partial charge is 0.269 e. The molecule has 1 aromatic heterocycles. The Morgan fingerprint density at radius 1 is 1.25 bits per heavy atom. The molecule has 2 aromatic carbocycles. The van der Waals surface area contributed by atoms with E-state index in [4.69, 9.17) is 10.5 Å². The van der Waals surface area contributed by atoms with E-state index in [-0.39, 0.29) is 18.7 Å². The average molecular weight is 325 g/mol. The van der Waals surface area contributed by atoms with Crippen molar-refractivity contribution in [1.82, 2.24) is 4.98 Å². The van der Waals surface area contributed by atoms with Crippen molar-refractivity contribution in [2.24, 2.45) is 5.73 Å². The number of aromatic amines is 1. The van der Waals surface area contributed by atoms with Gasteiger partial charge in [-0.15, -0.1) is 0 Å². The maximum atomic E-state index is 11.1. The summed E-state index contributed by atoms with van der Waals surface area (Å²) in [6.07, 6.45) is 1.90. The van der Waals surface area contributed by atoms with Crippen LogP contribution in [0.1, 0.15) is 11.1 Å². The van der Waals surface area contributed by atoms with Gasteiger partial charge < -0.3 is 15.5 Å².